The molecule has 1 aromatic heterocycles. The molecule has 0 aliphatic rings. The zero-order valence-corrected chi connectivity index (χ0v) is 15.2. The Hall–Kier alpha value is -2.66. The summed E-state index contributed by atoms with van der Waals surface area (Å²) in [6, 6.07) is 18.3. The van der Waals surface area contributed by atoms with Crippen molar-refractivity contribution >= 4 is 28.6 Å². The van der Waals surface area contributed by atoms with Crippen molar-refractivity contribution in [3.63, 3.8) is 0 Å². The predicted octanol–water partition coefficient (Wildman–Crippen LogP) is 4.27. The third-order valence-corrected chi connectivity index (χ3v) is 4.68. The Kier molecular flexibility index (Phi) is 5.46. The summed E-state index contributed by atoms with van der Waals surface area (Å²) in [5.74, 6) is -0.0457. The predicted molar refractivity (Wildman–Crippen MR) is 104 cm³/mol. The van der Waals surface area contributed by atoms with Gasteiger partial charge >= 0.3 is 0 Å². The Balaban J connectivity index is 1.57. The third kappa shape index (κ3) is 4.90. The van der Waals surface area contributed by atoms with Crippen LogP contribution in [0.2, 0.25) is 0 Å². The third-order valence-electron chi connectivity index (χ3n) is 3.86. The minimum atomic E-state index is -0.0457. The van der Waals surface area contributed by atoms with Gasteiger partial charge in [-0.15, -0.1) is 11.3 Å². The molecular weight excluding hydrogens is 330 g/mol. The lowest BCUT2D eigenvalue weighted by atomic mass is 10.2. The van der Waals surface area contributed by atoms with E-state index < -0.39 is 0 Å². The van der Waals surface area contributed by atoms with Crippen LogP contribution in [0.4, 0.5) is 11.4 Å². The molecule has 0 aliphatic carbocycles. The number of aromatic nitrogens is 1. The Morgan fingerprint density at radius 1 is 1.12 bits per heavy atom. The van der Waals surface area contributed by atoms with E-state index in [4.69, 9.17) is 0 Å². The topological polar surface area (TPSA) is 45.2 Å². The molecule has 3 aromatic rings. The van der Waals surface area contributed by atoms with Crippen LogP contribution >= 0.6 is 11.3 Å². The quantitative estimate of drug-likeness (QED) is 0.721. The molecule has 0 saturated carbocycles. The highest BCUT2D eigenvalue weighted by Gasteiger charge is 2.08. The van der Waals surface area contributed by atoms with Crippen LogP contribution in [-0.2, 0) is 17.8 Å². The summed E-state index contributed by atoms with van der Waals surface area (Å²) in [6.45, 7) is 2.78. The fourth-order valence-electron chi connectivity index (χ4n) is 2.61. The van der Waals surface area contributed by atoms with E-state index in [1.54, 1.807) is 11.3 Å². The molecule has 4 nitrogen and oxygen atoms in total. The number of hydrogen-bond acceptors (Lipinski definition) is 4. The SMILES string of the molecule is Cc1nc(CC(=O)Nc2ccc(N(C)Cc3ccccc3)cc2)cs1. The minimum Gasteiger partial charge on any atom is -0.370 e. The molecule has 3 rings (SSSR count). The Morgan fingerprint density at radius 3 is 2.48 bits per heavy atom. The van der Waals surface area contributed by atoms with Gasteiger partial charge in [-0.25, -0.2) is 4.98 Å². The summed E-state index contributed by atoms with van der Waals surface area (Å²) >= 11 is 1.56. The summed E-state index contributed by atoms with van der Waals surface area (Å²) in [6.07, 6.45) is 0.306. The normalized spacial score (nSPS) is 10.5. The Labute approximate surface area is 152 Å². The van der Waals surface area contributed by atoms with Crippen molar-refractivity contribution in [2.75, 3.05) is 17.3 Å². The first-order valence-corrected chi connectivity index (χ1v) is 9.04. The van der Waals surface area contributed by atoms with Crippen LogP contribution in [0.25, 0.3) is 0 Å². The van der Waals surface area contributed by atoms with Crippen LogP contribution in [0.5, 0.6) is 0 Å². The first kappa shape index (κ1) is 17.2. The molecule has 1 amide bonds. The fourth-order valence-corrected chi connectivity index (χ4v) is 3.22. The second-order valence-electron chi connectivity index (χ2n) is 5.97. The van der Waals surface area contributed by atoms with Crippen molar-refractivity contribution in [1.82, 2.24) is 4.98 Å². The van der Waals surface area contributed by atoms with Gasteiger partial charge in [0.1, 0.15) is 0 Å². The number of anilines is 2. The Morgan fingerprint density at radius 2 is 1.84 bits per heavy atom. The number of rotatable bonds is 6. The molecular formula is C20H21N3OS. The van der Waals surface area contributed by atoms with E-state index in [0.717, 1.165) is 28.6 Å². The second kappa shape index (κ2) is 7.94. The van der Waals surface area contributed by atoms with Gasteiger partial charge in [0.05, 0.1) is 17.1 Å². The van der Waals surface area contributed by atoms with Crippen LogP contribution in [0.1, 0.15) is 16.3 Å². The lowest BCUT2D eigenvalue weighted by Crippen LogP contribution is -2.17. The van der Waals surface area contributed by atoms with Gasteiger partial charge in [-0.1, -0.05) is 30.3 Å². The number of thiazole rings is 1. The molecule has 0 atom stereocenters. The molecule has 128 valence electrons. The summed E-state index contributed by atoms with van der Waals surface area (Å²) in [7, 11) is 2.06. The number of nitrogens with one attached hydrogen (secondary N) is 1. The standard InChI is InChI=1S/C20H21N3OS/c1-15-21-18(14-25-15)12-20(24)22-17-8-10-19(11-9-17)23(2)13-16-6-4-3-5-7-16/h3-11,14H,12-13H2,1-2H3,(H,22,24). The minimum absolute atomic E-state index is 0.0457. The number of hydrogen-bond donors (Lipinski definition) is 1. The van der Waals surface area contributed by atoms with Crippen LogP contribution in [0.3, 0.4) is 0 Å². The van der Waals surface area contributed by atoms with Gasteiger partial charge in [0.25, 0.3) is 0 Å². The molecule has 1 N–H and O–H groups in total. The molecule has 0 fully saturated rings. The average Bonchev–Trinajstić information content (AvgIpc) is 3.01. The van der Waals surface area contributed by atoms with E-state index in [2.05, 4.69) is 34.4 Å². The number of aryl methyl sites for hydroxylation is 1. The highest BCUT2D eigenvalue weighted by atomic mass is 32.1. The number of amides is 1. The van der Waals surface area contributed by atoms with Crippen molar-refractivity contribution in [2.24, 2.45) is 0 Å². The zero-order chi connectivity index (χ0) is 17.6. The lowest BCUT2D eigenvalue weighted by Gasteiger charge is -2.19. The summed E-state index contributed by atoms with van der Waals surface area (Å²) in [5.41, 5.74) is 3.99. The van der Waals surface area contributed by atoms with Gasteiger partial charge in [-0.2, -0.15) is 0 Å². The van der Waals surface area contributed by atoms with Crippen molar-refractivity contribution in [1.29, 1.82) is 0 Å². The zero-order valence-electron chi connectivity index (χ0n) is 14.4. The molecule has 2 aromatic carbocycles. The van der Waals surface area contributed by atoms with Gasteiger partial charge in [-0.05, 0) is 36.8 Å². The molecule has 25 heavy (non-hydrogen) atoms. The van der Waals surface area contributed by atoms with Crippen molar-refractivity contribution in [3.8, 4) is 0 Å². The maximum absolute atomic E-state index is 12.1. The van der Waals surface area contributed by atoms with E-state index in [9.17, 15) is 4.79 Å². The summed E-state index contributed by atoms with van der Waals surface area (Å²) in [4.78, 5) is 18.6. The van der Waals surface area contributed by atoms with Gasteiger partial charge in [0.2, 0.25) is 5.91 Å². The van der Waals surface area contributed by atoms with Crippen molar-refractivity contribution in [3.05, 3.63) is 76.2 Å². The summed E-state index contributed by atoms with van der Waals surface area (Å²) in [5, 5.41) is 5.83. The monoisotopic (exact) mass is 351 g/mol. The number of nitrogens with zero attached hydrogens (tertiary/aromatic N) is 2. The summed E-state index contributed by atoms with van der Waals surface area (Å²) < 4.78 is 0. The smallest absolute Gasteiger partial charge is 0.230 e. The van der Waals surface area contributed by atoms with Gasteiger partial charge < -0.3 is 10.2 Å². The van der Waals surface area contributed by atoms with E-state index in [1.165, 1.54) is 5.56 Å². The highest BCUT2D eigenvalue weighted by Crippen LogP contribution is 2.19. The highest BCUT2D eigenvalue weighted by molar-refractivity contribution is 7.09. The second-order valence-corrected chi connectivity index (χ2v) is 7.03. The van der Waals surface area contributed by atoms with Crippen LogP contribution in [-0.4, -0.2) is 17.9 Å². The van der Waals surface area contributed by atoms with E-state index in [-0.39, 0.29) is 5.91 Å². The van der Waals surface area contributed by atoms with Gasteiger partial charge in [0, 0.05) is 30.3 Å². The average molecular weight is 351 g/mol. The molecule has 0 saturated heterocycles. The van der Waals surface area contributed by atoms with E-state index in [1.807, 2.05) is 54.8 Å². The van der Waals surface area contributed by atoms with Crippen molar-refractivity contribution < 1.29 is 4.79 Å². The van der Waals surface area contributed by atoms with E-state index >= 15 is 0 Å². The molecule has 0 unspecified atom stereocenters. The number of benzene rings is 2. The molecule has 5 heteroatoms. The largest absolute Gasteiger partial charge is 0.370 e. The van der Waals surface area contributed by atoms with Crippen LogP contribution in [0, 0.1) is 6.92 Å². The van der Waals surface area contributed by atoms with Crippen molar-refractivity contribution in [2.45, 2.75) is 19.9 Å². The van der Waals surface area contributed by atoms with Gasteiger partial charge in [-0.3, -0.25) is 4.79 Å². The first-order chi connectivity index (χ1) is 12.1. The lowest BCUT2D eigenvalue weighted by molar-refractivity contribution is -0.115. The maximum atomic E-state index is 12.1. The molecule has 1 heterocycles. The molecule has 0 aliphatic heterocycles. The van der Waals surface area contributed by atoms with Crippen LogP contribution in [0.15, 0.2) is 60.0 Å². The Bertz CT molecular complexity index is 828. The van der Waals surface area contributed by atoms with Gasteiger partial charge in [0.15, 0.2) is 0 Å². The number of carbonyl (C=O) groups is 1. The molecule has 0 radical (unpaired) electrons. The van der Waals surface area contributed by atoms with E-state index in [0.29, 0.717) is 6.42 Å². The maximum Gasteiger partial charge on any atom is 0.230 e. The first-order valence-electron chi connectivity index (χ1n) is 8.16. The van der Waals surface area contributed by atoms with Crippen LogP contribution < -0.4 is 10.2 Å². The fraction of sp³-hybridized carbons (Fsp3) is 0.200. The number of carbonyl (C=O) groups excluding carboxylic acids is 1. The molecule has 0 bridgehead atoms. The molecule has 0 spiro atoms.